The topological polar surface area (TPSA) is 43.3 Å². The molecule has 0 saturated carbocycles. The fourth-order valence-corrected chi connectivity index (χ4v) is 2.69. The van der Waals surface area contributed by atoms with Crippen LogP contribution in [0.25, 0.3) is 10.9 Å². The molecular formula is C18H17ClN2O2. The van der Waals surface area contributed by atoms with E-state index >= 15 is 0 Å². The van der Waals surface area contributed by atoms with Crippen LogP contribution in [0.2, 0.25) is 5.02 Å². The van der Waals surface area contributed by atoms with E-state index in [1.54, 1.807) is 7.11 Å². The van der Waals surface area contributed by atoms with Crippen LogP contribution >= 0.6 is 11.6 Å². The fraction of sp³-hybridized carbons (Fsp3) is 0.167. The molecule has 0 aliphatic carbocycles. The first kappa shape index (κ1) is 15.4. The Bertz CT molecular complexity index is 842. The molecule has 1 heterocycles. The summed E-state index contributed by atoms with van der Waals surface area (Å²) in [7, 11) is 1.64. The van der Waals surface area contributed by atoms with Crippen LogP contribution in [0.5, 0.6) is 5.75 Å². The molecule has 5 heteroatoms. The molecule has 3 aromatic rings. The second-order valence-electron chi connectivity index (χ2n) is 5.24. The Morgan fingerprint density at radius 3 is 2.83 bits per heavy atom. The maximum absolute atomic E-state index is 12.2. The standard InChI is InChI=1S/C18H17ClN2O2/c1-23-15-6-7-17-13(10-15)8-9-21(17)12-18(22)20-11-14-4-2-3-5-16(14)19/h2-10H,11-12H2,1H3,(H,20,22). The average molecular weight is 329 g/mol. The van der Waals surface area contributed by atoms with Crippen LogP contribution < -0.4 is 10.1 Å². The van der Waals surface area contributed by atoms with E-state index in [9.17, 15) is 4.79 Å². The van der Waals surface area contributed by atoms with Crippen molar-refractivity contribution in [2.45, 2.75) is 13.1 Å². The van der Waals surface area contributed by atoms with Crippen LogP contribution in [-0.4, -0.2) is 17.6 Å². The number of rotatable bonds is 5. The summed E-state index contributed by atoms with van der Waals surface area (Å²) in [6.45, 7) is 0.686. The third-order valence-corrected chi connectivity index (χ3v) is 4.09. The van der Waals surface area contributed by atoms with Crippen molar-refractivity contribution >= 4 is 28.4 Å². The van der Waals surface area contributed by atoms with Crippen LogP contribution in [0.4, 0.5) is 0 Å². The van der Waals surface area contributed by atoms with Gasteiger partial charge in [0, 0.05) is 28.7 Å². The molecule has 1 aromatic heterocycles. The van der Waals surface area contributed by atoms with Crippen LogP contribution in [0.15, 0.2) is 54.7 Å². The molecule has 0 atom stereocenters. The molecule has 1 amide bonds. The minimum absolute atomic E-state index is 0.0572. The lowest BCUT2D eigenvalue weighted by Crippen LogP contribution is -2.26. The maximum atomic E-state index is 12.2. The molecule has 0 aliphatic heterocycles. The molecular weight excluding hydrogens is 312 g/mol. The first-order valence-corrected chi connectivity index (χ1v) is 7.68. The Balaban J connectivity index is 1.67. The van der Waals surface area contributed by atoms with Gasteiger partial charge < -0.3 is 14.6 Å². The van der Waals surface area contributed by atoms with Gasteiger partial charge in [0.05, 0.1) is 7.11 Å². The van der Waals surface area contributed by atoms with Gasteiger partial charge in [0.1, 0.15) is 12.3 Å². The smallest absolute Gasteiger partial charge is 0.240 e. The first-order valence-electron chi connectivity index (χ1n) is 7.30. The van der Waals surface area contributed by atoms with Gasteiger partial charge in [-0.15, -0.1) is 0 Å². The monoisotopic (exact) mass is 328 g/mol. The zero-order valence-electron chi connectivity index (χ0n) is 12.8. The molecule has 0 unspecified atom stereocenters. The zero-order chi connectivity index (χ0) is 16.2. The molecule has 0 fully saturated rings. The summed E-state index contributed by atoms with van der Waals surface area (Å²) in [5.74, 6) is 0.747. The van der Waals surface area contributed by atoms with E-state index in [1.807, 2.05) is 59.3 Å². The van der Waals surface area contributed by atoms with Gasteiger partial charge >= 0.3 is 0 Å². The number of hydrogen-bond acceptors (Lipinski definition) is 2. The van der Waals surface area contributed by atoms with Gasteiger partial charge in [-0.2, -0.15) is 0 Å². The second-order valence-corrected chi connectivity index (χ2v) is 5.64. The summed E-state index contributed by atoms with van der Waals surface area (Å²) in [5, 5.41) is 4.60. The van der Waals surface area contributed by atoms with Crippen molar-refractivity contribution in [1.82, 2.24) is 9.88 Å². The zero-order valence-corrected chi connectivity index (χ0v) is 13.5. The maximum Gasteiger partial charge on any atom is 0.240 e. The third kappa shape index (κ3) is 3.48. The Hall–Kier alpha value is -2.46. The Labute approximate surface area is 139 Å². The predicted molar refractivity (Wildman–Crippen MR) is 91.8 cm³/mol. The Kier molecular flexibility index (Phi) is 4.53. The normalized spacial score (nSPS) is 10.7. The summed E-state index contributed by atoms with van der Waals surface area (Å²) < 4.78 is 7.12. The number of ether oxygens (including phenoxy) is 1. The van der Waals surface area contributed by atoms with E-state index in [-0.39, 0.29) is 12.5 Å². The van der Waals surface area contributed by atoms with Gasteiger partial charge in [-0.25, -0.2) is 0 Å². The summed E-state index contributed by atoms with van der Waals surface area (Å²) in [6.07, 6.45) is 1.90. The summed E-state index contributed by atoms with van der Waals surface area (Å²) in [5.41, 5.74) is 1.91. The second kappa shape index (κ2) is 6.75. The van der Waals surface area contributed by atoms with Crippen LogP contribution in [0, 0.1) is 0 Å². The van der Waals surface area contributed by atoms with E-state index in [1.165, 1.54) is 0 Å². The lowest BCUT2D eigenvalue weighted by molar-refractivity contribution is -0.121. The number of carbonyl (C=O) groups excluding carboxylic acids is 1. The number of carbonyl (C=O) groups is 1. The largest absolute Gasteiger partial charge is 0.497 e. The van der Waals surface area contributed by atoms with Gasteiger partial charge in [0.25, 0.3) is 0 Å². The van der Waals surface area contributed by atoms with Gasteiger partial charge in [-0.05, 0) is 35.9 Å². The first-order chi connectivity index (χ1) is 11.2. The number of fused-ring (bicyclic) bond motifs is 1. The summed E-state index contributed by atoms with van der Waals surface area (Å²) in [4.78, 5) is 12.2. The molecule has 0 aliphatic rings. The van der Waals surface area contributed by atoms with Crippen molar-refractivity contribution in [3.63, 3.8) is 0 Å². The molecule has 0 radical (unpaired) electrons. The van der Waals surface area contributed by atoms with Gasteiger partial charge in [-0.3, -0.25) is 4.79 Å². The molecule has 1 N–H and O–H groups in total. The van der Waals surface area contributed by atoms with E-state index in [4.69, 9.17) is 16.3 Å². The highest BCUT2D eigenvalue weighted by Gasteiger charge is 2.08. The number of halogens is 1. The summed E-state index contributed by atoms with van der Waals surface area (Å²) >= 11 is 6.09. The average Bonchev–Trinajstić information content (AvgIpc) is 2.96. The summed E-state index contributed by atoms with van der Waals surface area (Å²) in [6, 6.07) is 15.3. The molecule has 118 valence electrons. The van der Waals surface area contributed by atoms with Crippen molar-refractivity contribution in [3.8, 4) is 5.75 Å². The minimum Gasteiger partial charge on any atom is -0.497 e. The molecule has 0 saturated heterocycles. The van der Waals surface area contributed by atoms with Gasteiger partial charge in [0.2, 0.25) is 5.91 Å². The quantitative estimate of drug-likeness (QED) is 0.777. The van der Waals surface area contributed by atoms with E-state index < -0.39 is 0 Å². The van der Waals surface area contributed by atoms with E-state index in [0.29, 0.717) is 11.6 Å². The molecule has 3 rings (SSSR count). The van der Waals surface area contributed by atoms with Crippen LogP contribution in [0.3, 0.4) is 0 Å². The number of methoxy groups -OCH3 is 1. The number of aromatic nitrogens is 1. The SMILES string of the molecule is COc1ccc2c(ccn2CC(=O)NCc2ccccc2Cl)c1. The van der Waals surface area contributed by atoms with Crippen molar-refractivity contribution in [1.29, 1.82) is 0 Å². The van der Waals surface area contributed by atoms with Crippen molar-refractivity contribution < 1.29 is 9.53 Å². The Morgan fingerprint density at radius 2 is 2.04 bits per heavy atom. The molecule has 0 bridgehead atoms. The van der Waals surface area contributed by atoms with Crippen LogP contribution in [-0.2, 0) is 17.9 Å². The predicted octanol–water partition coefficient (Wildman–Crippen LogP) is 3.62. The van der Waals surface area contributed by atoms with Crippen molar-refractivity contribution in [2.24, 2.45) is 0 Å². The highest BCUT2D eigenvalue weighted by Crippen LogP contribution is 2.21. The molecule has 0 spiro atoms. The Morgan fingerprint density at radius 1 is 1.22 bits per heavy atom. The highest BCUT2D eigenvalue weighted by molar-refractivity contribution is 6.31. The molecule has 23 heavy (non-hydrogen) atoms. The van der Waals surface area contributed by atoms with Gasteiger partial charge in [-0.1, -0.05) is 29.8 Å². The number of nitrogens with one attached hydrogen (secondary N) is 1. The van der Waals surface area contributed by atoms with E-state index in [0.717, 1.165) is 22.2 Å². The fourth-order valence-electron chi connectivity index (χ4n) is 2.49. The highest BCUT2D eigenvalue weighted by atomic mass is 35.5. The number of nitrogens with zero attached hydrogens (tertiary/aromatic N) is 1. The molecule has 4 nitrogen and oxygen atoms in total. The lowest BCUT2D eigenvalue weighted by Gasteiger charge is -2.09. The number of benzene rings is 2. The minimum atomic E-state index is -0.0572. The lowest BCUT2D eigenvalue weighted by atomic mass is 10.2. The van der Waals surface area contributed by atoms with Crippen molar-refractivity contribution in [2.75, 3.05) is 7.11 Å². The molecule has 2 aromatic carbocycles. The van der Waals surface area contributed by atoms with Crippen LogP contribution in [0.1, 0.15) is 5.56 Å². The van der Waals surface area contributed by atoms with Gasteiger partial charge in [0.15, 0.2) is 0 Å². The number of hydrogen-bond donors (Lipinski definition) is 1. The van der Waals surface area contributed by atoms with Crippen molar-refractivity contribution in [3.05, 3.63) is 65.3 Å². The van der Waals surface area contributed by atoms with E-state index in [2.05, 4.69) is 5.32 Å². The third-order valence-electron chi connectivity index (χ3n) is 3.73. The number of amides is 1.